The molecule has 0 aliphatic carbocycles. The Bertz CT molecular complexity index is 1000. The molecule has 0 saturated heterocycles. The molecule has 1 aromatic heterocycles. The number of nitrogens with one attached hydrogen (secondary N) is 1. The molecule has 0 unspecified atom stereocenters. The first-order chi connectivity index (χ1) is 13.4. The molecule has 1 amide bonds. The number of hydrogen-bond donors (Lipinski definition) is 1. The molecule has 0 aliphatic heterocycles. The summed E-state index contributed by atoms with van der Waals surface area (Å²) in [6, 6.07) is 9.51. The predicted octanol–water partition coefficient (Wildman–Crippen LogP) is 6.43. The number of anilines is 1. The molecule has 3 rings (SSSR count). The molecule has 1 heterocycles. The van der Waals surface area contributed by atoms with Crippen molar-refractivity contribution in [2.24, 2.45) is 0 Å². The van der Waals surface area contributed by atoms with Gasteiger partial charge in [-0.05, 0) is 74.7 Å². The SMILES string of the molecule is COc1ccc(-c2csc(NC(=O)COc3c(C)cc(Br)cc3Br)n2)cc1Br. The van der Waals surface area contributed by atoms with Crippen LogP contribution in [0.25, 0.3) is 11.3 Å². The van der Waals surface area contributed by atoms with E-state index in [4.69, 9.17) is 9.47 Å². The van der Waals surface area contributed by atoms with E-state index in [9.17, 15) is 4.79 Å². The second-order valence-corrected chi connectivity index (χ2v) is 9.24. The van der Waals surface area contributed by atoms with Crippen LogP contribution in [-0.2, 0) is 4.79 Å². The average Bonchev–Trinajstić information content (AvgIpc) is 3.09. The number of aromatic nitrogens is 1. The smallest absolute Gasteiger partial charge is 0.264 e. The van der Waals surface area contributed by atoms with Gasteiger partial charge < -0.3 is 9.47 Å². The number of rotatable bonds is 6. The van der Waals surface area contributed by atoms with Gasteiger partial charge in [0.25, 0.3) is 5.91 Å². The van der Waals surface area contributed by atoms with Crippen LogP contribution >= 0.6 is 59.1 Å². The zero-order chi connectivity index (χ0) is 20.3. The van der Waals surface area contributed by atoms with Gasteiger partial charge in [0, 0.05) is 15.4 Å². The first kappa shape index (κ1) is 21.3. The Kier molecular flexibility index (Phi) is 7.14. The first-order valence-electron chi connectivity index (χ1n) is 8.05. The Hall–Kier alpha value is -1.42. The van der Waals surface area contributed by atoms with Crippen LogP contribution in [0.1, 0.15) is 5.56 Å². The number of carbonyl (C=O) groups is 1. The molecule has 0 aliphatic rings. The Morgan fingerprint density at radius 2 is 1.96 bits per heavy atom. The van der Waals surface area contributed by atoms with E-state index in [1.165, 1.54) is 11.3 Å². The average molecular weight is 591 g/mol. The van der Waals surface area contributed by atoms with E-state index in [0.717, 1.165) is 36.0 Å². The van der Waals surface area contributed by atoms with E-state index in [2.05, 4.69) is 58.1 Å². The first-order valence-corrected chi connectivity index (χ1v) is 11.3. The van der Waals surface area contributed by atoms with E-state index in [-0.39, 0.29) is 12.5 Å². The fourth-order valence-electron chi connectivity index (χ4n) is 2.45. The van der Waals surface area contributed by atoms with Crippen molar-refractivity contribution >= 4 is 70.2 Å². The number of benzene rings is 2. The van der Waals surface area contributed by atoms with Gasteiger partial charge >= 0.3 is 0 Å². The number of ether oxygens (including phenoxy) is 2. The van der Waals surface area contributed by atoms with Crippen molar-refractivity contribution in [2.45, 2.75) is 6.92 Å². The number of amides is 1. The van der Waals surface area contributed by atoms with E-state index in [1.807, 2.05) is 42.6 Å². The maximum absolute atomic E-state index is 12.2. The molecule has 0 spiro atoms. The topological polar surface area (TPSA) is 60.5 Å². The van der Waals surface area contributed by atoms with E-state index >= 15 is 0 Å². The molecule has 3 aromatic rings. The van der Waals surface area contributed by atoms with Gasteiger partial charge in [-0.2, -0.15) is 0 Å². The van der Waals surface area contributed by atoms with Crippen LogP contribution in [0, 0.1) is 6.92 Å². The summed E-state index contributed by atoms with van der Waals surface area (Å²) in [4.78, 5) is 16.7. The Morgan fingerprint density at radius 3 is 2.64 bits per heavy atom. The standard InChI is InChI=1S/C19H15Br3N2O3S/c1-10-5-12(20)7-14(22)18(10)27-8-17(25)24-19-23-15(9-28-19)11-3-4-16(26-2)13(21)6-11/h3-7,9H,8H2,1-2H3,(H,23,24,25). The molecule has 28 heavy (non-hydrogen) atoms. The number of carbonyl (C=O) groups excluding carboxylic acids is 1. The van der Waals surface area contributed by atoms with Crippen LogP contribution in [0.3, 0.4) is 0 Å². The van der Waals surface area contributed by atoms with Crippen molar-refractivity contribution in [3.63, 3.8) is 0 Å². The normalized spacial score (nSPS) is 10.6. The lowest BCUT2D eigenvalue weighted by atomic mass is 10.2. The molecular formula is C19H15Br3N2O3S. The van der Waals surface area contributed by atoms with Gasteiger partial charge in [0.2, 0.25) is 0 Å². The molecule has 2 aromatic carbocycles. The van der Waals surface area contributed by atoms with E-state index in [1.54, 1.807) is 7.11 Å². The summed E-state index contributed by atoms with van der Waals surface area (Å²) >= 11 is 11.7. The molecule has 0 saturated carbocycles. The van der Waals surface area contributed by atoms with E-state index < -0.39 is 0 Å². The fourth-order valence-corrected chi connectivity index (χ4v) is 5.28. The van der Waals surface area contributed by atoms with Gasteiger partial charge in [-0.25, -0.2) is 4.98 Å². The number of halogens is 3. The van der Waals surface area contributed by atoms with Crippen molar-refractivity contribution in [2.75, 3.05) is 19.0 Å². The fraction of sp³-hybridized carbons (Fsp3) is 0.158. The highest BCUT2D eigenvalue weighted by Gasteiger charge is 2.12. The molecule has 0 atom stereocenters. The van der Waals surface area contributed by atoms with Crippen molar-refractivity contribution < 1.29 is 14.3 Å². The highest BCUT2D eigenvalue weighted by molar-refractivity contribution is 9.11. The summed E-state index contributed by atoms with van der Waals surface area (Å²) < 4.78 is 13.5. The molecule has 1 N–H and O–H groups in total. The van der Waals surface area contributed by atoms with Crippen molar-refractivity contribution in [3.8, 4) is 22.8 Å². The largest absolute Gasteiger partial charge is 0.496 e. The number of hydrogen-bond acceptors (Lipinski definition) is 5. The van der Waals surface area contributed by atoms with Gasteiger partial charge in [0.15, 0.2) is 11.7 Å². The van der Waals surface area contributed by atoms with Gasteiger partial charge in [0.1, 0.15) is 11.5 Å². The van der Waals surface area contributed by atoms with Crippen LogP contribution in [0.15, 0.2) is 49.1 Å². The lowest BCUT2D eigenvalue weighted by molar-refractivity contribution is -0.118. The number of methoxy groups -OCH3 is 1. The third kappa shape index (κ3) is 5.14. The van der Waals surface area contributed by atoms with Gasteiger partial charge in [0.05, 0.1) is 21.7 Å². The zero-order valence-corrected chi connectivity index (χ0v) is 20.5. The van der Waals surface area contributed by atoms with Gasteiger partial charge in [-0.1, -0.05) is 15.9 Å². The third-order valence-electron chi connectivity index (χ3n) is 3.74. The molecule has 0 bridgehead atoms. The Labute approximate surface area is 191 Å². The maximum atomic E-state index is 12.2. The summed E-state index contributed by atoms with van der Waals surface area (Å²) in [5.41, 5.74) is 2.63. The van der Waals surface area contributed by atoms with Crippen LogP contribution in [0.5, 0.6) is 11.5 Å². The van der Waals surface area contributed by atoms with E-state index in [0.29, 0.717) is 10.9 Å². The summed E-state index contributed by atoms with van der Waals surface area (Å²) in [7, 11) is 1.62. The minimum absolute atomic E-state index is 0.107. The second kappa shape index (κ2) is 9.39. The molecule has 9 heteroatoms. The van der Waals surface area contributed by atoms with Crippen LogP contribution in [0.2, 0.25) is 0 Å². The zero-order valence-electron chi connectivity index (χ0n) is 14.9. The molecule has 146 valence electrons. The van der Waals surface area contributed by atoms with Gasteiger partial charge in [-0.3, -0.25) is 10.1 Å². The monoisotopic (exact) mass is 588 g/mol. The van der Waals surface area contributed by atoms with Crippen LogP contribution < -0.4 is 14.8 Å². The highest BCUT2D eigenvalue weighted by Crippen LogP contribution is 2.33. The summed E-state index contributed by atoms with van der Waals surface area (Å²) in [5, 5.41) is 5.18. The number of nitrogens with zero attached hydrogens (tertiary/aromatic N) is 1. The Balaban J connectivity index is 1.64. The summed E-state index contributed by atoms with van der Waals surface area (Å²) in [6.07, 6.45) is 0. The minimum atomic E-state index is -0.272. The summed E-state index contributed by atoms with van der Waals surface area (Å²) in [6.45, 7) is 1.81. The number of aryl methyl sites for hydroxylation is 1. The predicted molar refractivity (Wildman–Crippen MR) is 123 cm³/mol. The quantitative estimate of drug-likeness (QED) is 0.359. The van der Waals surface area contributed by atoms with Gasteiger partial charge in [-0.15, -0.1) is 11.3 Å². The number of thiazole rings is 1. The van der Waals surface area contributed by atoms with Crippen molar-refractivity contribution in [1.29, 1.82) is 0 Å². The molecule has 0 radical (unpaired) electrons. The molecular weight excluding hydrogens is 576 g/mol. The van der Waals surface area contributed by atoms with Crippen LogP contribution in [0.4, 0.5) is 5.13 Å². The minimum Gasteiger partial charge on any atom is -0.496 e. The van der Waals surface area contributed by atoms with Crippen molar-refractivity contribution in [1.82, 2.24) is 4.98 Å². The third-order valence-corrected chi connectivity index (χ3v) is 6.16. The van der Waals surface area contributed by atoms with Crippen molar-refractivity contribution in [3.05, 3.63) is 54.7 Å². The molecule has 5 nitrogen and oxygen atoms in total. The maximum Gasteiger partial charge on any atom is 0.264 e. The highest BCUT2D eigenvalue weighted by atomic mass is 79.9. The second-order valence-electron chi connectivity index (χ2n) is 5.76. The lowest BCUT2D eigenvalue weighted by Crippen LogP contribution is -2.20. The lowest BCUT2D eigenvalue weighted by Gasteiger charge is -2.11. The van der Waals surface area contributed by atoms with Crippen LogP contribution in [-0.4, -0.2) is 24.6 Å². The Morgan fingerprint density at radius 1 is 1.18 bits per heavy atom. The molecule has 0 fully saturated rings. The summed E-state index contributed by atoms with van der Waals surface area (Å²) in [5.74, 6) is 1.12.